The highest BCUT2D eigenvalue weighted by atomic mass is 79.9. The summed E-state index contributed by atoms with van der Waals surface area (Å²) in [6.45, 7) is 3.80. The minimum atomic E-state index is -0.755. The van der Waals surface area contributed by atoms with Crippen LogP contribution in [-0.4, -0.2) is 27.9 Å². The van der Waals surface area contributed by atoms with E-state index in [2.05, 4.69) is 21.1 Å². The van der Waals surface area contributed by atoms with E-state index in [4.69, 9.17) is 9.94 Å². The van der Waals surface area contributed by atoms with Gasteiger partial charge in [0, 0.05) is 9.90 Å². The van der Waals surface area contributed by atoms with Gasteiger partial charge in [-0.3, -0.25) is 0 Å². The van der Waals surface area contributed by atoms with E-state index in [1.165, 1.54) is 0 Å². The monoisotopic (exact) mass is 303 g/mol. The molecule has 2 N–H and O–H groups in total. The smallest absolute Gasteiger partial charge is 0.232 e. The standard InChI is InChI=1S/C12H18BrNO3/c1-11(2)7-9(15)12(17-10(11)14-16)6-4-3-5-8(12)13/h5,9,15-16H,3-4,6-7H2,1-2H3/b14-10-/t9-,12+/m1/s1. The first-order chi connectivity index (χ1) is 7.92. The van der Waals surface area contributed by atoms with Gasteiger partial charge < -0.3 is 15.1 Å². The molecule has 1 aliphatic heterocycles. The fourth-order valence-corrected chi connectivity index (χ4v) is 3.35. The Morgan fingerprint density at radius 3 is 2.82 bits per heavy atom. The van der Waals surface area contributed by atoms with Crippen LogP contribution in [0.2, 0.25) is 0 Å². The Balaban J connectivity index is 2.38. The van der Waals surface area contributed by atoms with Crippen LogP contribution in [0, 0.1) is 5.41 Å². The van der Waals surface area contributed by atoms with Gasteiger partial charge in [0.1, 0.15) is 0 Å². The molecular formula is C12H18BrNO3. The van der Waals surface area contributed by atoms with Gasteiger partial charge in [0.2, 0.25) is 5.90 Å². The Morgan fingerprint density at radius 2 is 2.24 bits per heavy atom. The van der Waals surface area contributed by atoms with E-state index < -0.39 is 17.1 Å². The minimum absolute atomic E-state index is 0.301. The molecule has 0 aromatic carbocycles. The molecule has 1 aliphatic carbocycles. The maximum absolute atomic E-state index is 10.4. The number of aliphatic hydroxyl groups is 1. The van der Waals surface area contributed by atoms with Gasteiger partial charge in [-0.15, -0.1) is 0 Å². The molecule has 2 atom stereocenters. The number of allylic oxidation sites excluding steroid dienone is 1. The average Bonchev–Trinajstić information content (AvgIpc) is 2.26. The summed E-state index contributed by atoms with van der Waals surface area (Å²) in [5.74, 6) is 0.301. The summed E-state index contributed by atoms with van der Waals surface area (Å²) in [4.78, 5) is 0. The first-order valence-electron chi connectivity index (χ1n) is 5.88. The summed E-state index contributed by atoms with van der Waals surface area (Å²) in [7, 11) is 0. The van der Waals surface area contributed by atoms with E-state index in [0.717, 1.165) is 23.7 Å². The van der Waals surface area contributed by atoms with Crippen LogP contribution in [0.4, 0.5) is 0 Å². The van der Waals surface area contributed by atoms with E-state index >= 15 is 0 Å². The van der Waals surface area contributed by atoms with Gasteiger partial charge in [-0.05, 0) is 25.7 Å². The van der Waals surface area contributed by atoms with Crippen LogP contribution in [0.5, 0.6) is 0 Å². The van der Waals surface area contributed by atoms with Crippen LogP contribution < -0.4 is 0 Å². The van der Waals surface area contributed by atoms with Gasteiger partial charge >= 0.3 is 0 Å². The van der Waals surface area contributed by atoms with Crippen LogP contribution >= 0.6 is 15.9 Å². The van der Waals surface area contributed by atoms with Crippen molar-refractivity contribution in [2.45, 2.75) is 51.2 Å². The molecule has 5 heteroatoms. The summed E-state index contributed by atoms with van der Waals surface area (Å²) in [6.07, 6.45) is 4.64. The molecule has 1 heterocycles. The van der Waals surface area contributed by atoms with Gasteiger partial charge in [0.25, 0.3) is 0 Å². The number of hydrogen-bond donors (Lipinski definition) is 2. The summed E-state index contributed by atoms with van der Waals surface area (Å²) in [6, 6.07) is 0. The van der Waals surface area contributed by atoms with Crippen molar-refractivity contribution in [3.8, 4) is 0 Å². The van der Waals surface area contributed by atoms with E-state index in [1.54, 1.807) is 0 Å². The highest BCUT2D eigenvalue weighted by molar-refractivity contribution is 9.11. The number of nitrogens with zero attached hydrogens (tertiary/aromatic N) is 1. The summed E-state index contributed by atoms with van der Waals surface area (Å²) in [5, 5.41) is 22.7. The predicted molar refractivity (Wildman–Crippen MR) is 68.3 cm³/mol. The van der Waals surface area contributed by atoms with Crippen molar-refractivity contribution in [1.29, 1.82) is 0 Å². The number of ether oxygens (including phenoxy) is 1. The molecule has 1 spiro atoms. The topological polar surface area (TPSA) is 62.0 Å². The van der Waals surface area contributed by atoms with Gasteiger partial charge in [-0.25, -0.2) is 0 Å². The zero-order valence-corrected chi connectivity index (χ0v) is 11.7. The van der Waals surface area contributed by atoms with Crippen LogP contribution in [0.15, 0.2) is 15.7 Å². The quantitative estimate of drug-likeness (QED) is 0.534. The zero-order valence-electron chi connectivity index (χ0n) is 10.1. The molecule has 0 unspecified atom stereocenters. The Hall–Kier alpha value is -0.550. The van der Waals surface area contributed by atoms with Gasteiger partial charge in [0.15, 0.2) is 5.60 Å². The molecule has 4 nitrogen and oxygen atoms in total. The fourth-order valence-electron chi connectivity index (χ4n) is 2.58. The molecule has 1 fully saturated rings. The second-order valence-electron chi connectivity index (χ2n) is 5.44. The number of hydrogen-bond acceptors (Lipinski definition) is 4. The second-order valence-corrected chi connectivity index (χ2v) is 6.30. The largest absolute Gasteiger partial charge is 0.463 e. The predicted octanol–water partition coefficient (Wildman–Crippen LogP) is 2.78. The third-order valence-corrected chi connectivity index (χ3v) is 4.67. The lowest BCUT2D eigenvalue weighted by molar-refractivity contribution is -0.0887. The van der Waals surface area contributed by atoms with E-state index in [1.807, 2.05) is 19.9 Å². The van der Waals surface area contributed by atoms with Crippen LogP contribution in [0.3, 0.4) is 0 Å². The van der Waals surface area contributed by atoms with Crippen LogP contribution in [0.1, 0.15) is 39.5 Å². The van der Waals surface area contributed by atoms with Crippen molar-refractivity contribution in [2.24, 2.45) is 10.6 Å². The lowest BCUT2D eigenvalue weighted by Crippen LogP contribution is -2.56. The number of oxime groups is 1. The fraction of sp³-hybridized carbons (Fsp3) is 0.750. The highest BCUT2D eigenvalue weighted by Crippen LogP contribution is 2.47. The average molecular weight is 304 g/mol. The lowest BCUT2D eigenvalue weighted by atomic mass is 9.74. The number of rotatable bonds is 0. The van der Waals surface area contributed by atoms with Crippen molar-refractivity contribution in [3.05, 3.63) is 10.6 Å². The lowest BCUT2D eigenvalue weighted by Gasteiger charge is -2.48. The number of halogens is 1. The first kappa shape index (κ1) is 12.9. The van der Waals surface area contributed by atoms with Gasteiger partial charge in [-0.1, -0.05) is 41.0 Å². The zero-order chi connectivity index (χ0) is 12.7. The van der Waals surface area contributed by atoms with Gasteiger partial charge in [0.05, 0.1) is 6.10 Å². The first-order valence-corrected chi connectivity index (χ1v) is 6.67. The molecule has 0 aromatic rings. The molecule has 0 bridgehead atoms. The summed E-state index contributed by atoms with van der Waals surface area (Å²) in [5.41, 5.74) is -1.19. The molecular weight excluding hydrogens is 286 g/mol. The number of aliphatic hydroxyl groups excluding tert-OH is 1. The molecule has 17 heavy (non-hydrogen) atoms. The Labute approximate surface area is 109 Å². The van der Waals surface area contributed by atoms with E-state index in [0.29, 0.717) is 12.3 Å². The van der Waals surface area contributed by atoms with E-state index in [9.17, 15) is 5.11 Å². The third kappa shape index (κ3) is 1.99. The third-order valence-electron chi connectivity index (χ3n) is 3.67. The minimum Gasteiger partial charge on any atom is -0.463 e. The van der Waals surface area contributed by atoms with Crippen molar-refractivity contribution < 1.29 is 15.1 Å². The van der Waals surface area contributed by atoms with Crippen LogP contribution in [-0.2, 0) is 4.74 Å². The SMILES string of the molecule is CC1(C)C[C@@H](O)[C@@]2(CCCC=C2Br)O/C1=N\O. The molecule has 0 saturated carbocycles. The molecule has 0 radical (unpaired) electrons. The van der Waals surface area contributed by atoms with Gasteiger partial charge in [-0.2, -0.15) is 0 Å². The van der Waals surface area contributed by atoms with Crippen molar-refractivity contribution in [1.82, 2.24) is 0 Å². The van der Waals surface area contributed by atoms with Crippen molar-refractivity contribution in [2.75, 3.05) is 0 Å². The van der Waals surface area contributed by atoms with Crippen molar-refractivity contribution in [3.63, 3.8) is 0 Å². The van der Waals surface area contributed by atoms with Crippen LogP contribution in [0.25, 0.3) is 0 Å². The Kier molecular flexibility index (Phi) is 3.25. The Bertz CT molecular complexity index is 378. The molecule has 96 valence electrons. The highest BCUT2D eigenvalue weighted by Gasteiger charge is 2.53. The summed E-state index contributed by atoms with van der Waals surface area (Å²) >= 11 is 3.48. The molecule has 0 amide bonds. The van der Waals surface area contributed by atoms with Crippen molar-refractivity contribution >= 4 is 21.8 Å². The molecule has 2 aliphatic rings. The molecule has 2 rings (SSSR count). The molecule has 1 saturated heterocycles. The normalized spacial score (nSPS) is 38.9. The Morgan fingerprint density at radius 1 is 1.53 bits per heavy atom. The summed E-state index contributed by atoms with van der Waals surface area (Å²) < 4.78 is 6.70. The maximum atomic E-state index is 10.4. The second kappa shape index (κ2) is 4.28. The van der Waals surface area contributed by atoms with E-state index in [-0.39, 0.29) is 0 Å². The maximum Gasteiger partial charge on any atom is 0.232 e. The molecule has 0 aromatic heterocycles.